The first-order valence-corrected chi connectivity index (χ1v) is 20.1. The normalized spacial score (nSPS) is 17.3. The quantitative estimate of drug-likeness (QED) is 0.0665. The minimum absolute atomic E-state index is 0.134. The lowest BCUT2D eigenvalue weighted by molar-refractivity contribution is -0.126. The largest absolute Gasteiger partial charge is 0.471 e. The van der Waals surface area contributed by atoms with E-state index in [1.807, 2.05) is 13.2 Å². The van der Waals surface area contributed by atoms with E-state index < -0.39 is 12.1 Å². The number of nitrogens with zero attached hydrogens (tertiary/aromatic N) is 4. The molecular formula is C43H55N9O6. The SMILES string of the molecule is CNC(C=O)C1CC1.COC(=O)NC(C(=O)NCCCCc1ncc(-c2ccc3cc(-c4ccc5[nH]c(C6CCCN6C)nc5n4)ccc3c2)[nH]1)C1CC1.COC=O. The number of carbonyl (C=O) groups is 4. The molecule has 2 aromatic carbocycles. The van der Waals surface area contributed by atoms with E-state index in [-0.39, 0.29) is 17.9 Å². The van der Waals surface area contributed by atoms with Gasteiger partial charge in [0.25, 0.3) is 6.47 Å². The number of hydrogen-bond donors (Lipinski definition) is 5. The Bertz CT molecular complexity index is 2160. The van der Waals surface area contributed by atoms with Crippen molar-refractivity contribution in [3.8, 4) is 22.5 Å². The molecule has 3 aliphatic rings. The molecule has 2 saturated carbocycles. The van der Waals surface area contributed by atoms with E-state index in [2.05, 4.69) is 101 Å². The van der Waals surface area contributed by atoms with E-state index in [1.54, 1.807) is 0 Å². The van der Waals surface area contributed by atoms with Gasteiger partial charge in [0.1, 0.15) is 24.0 Å². The number of hydrogen-bond acceptors (Lipinski definition) is 11. The van der Waals surface area contributed by atoms with Crippen LogP contribution in [0, 0.1) is 11.8 Å². The number of carbonyl (C=O) groups excluding carboxylic acids is 4. The topological polar surface area (TPSA) is 196 Å². The fourth-order valence-corrected chi connectivity index (χ4v) is 7.32. The average molecular weight is 794 g/mol. The second-order valence-corrected chi connectivity index (χ2v) is 15.2. The fourth-order valence-electron chi connectivity index (χ4n) is 7.32. The number of aryl methyl sites for hydroxylation is 1. The molecule has 4 heterocycles. The summed E-state index contributed by atoms with van der Waals surface area (Å²) in [4.78, 5) is 66.9. The highest BCUT2D eigenvalue weighted by Crippen LogP contribution is 2.34. The number of nitrogens with one attached hydrogen (secondary N) is 5. The Kier molecular flexibility index (Phi) is 14.6. The van der Waals surface area contributed by atoms with Gasteiger partial charge in [-0.15, -0.1) is 0 Å². The van der Waals surface area contributed by atoms with Crippen LogP contribution in [0.25, 0.3) is 44.5 Å². The number of aromatic nitrogens is 5. The predicted molar refractivity (Wildman–Crippen MR) is 222 cm³/mol. The molecule has 5 aromatic rings. The Morgan fingerprint density at radius 1 is 0.931 bits per heavy atom. The Morgan fingerprint density at radius 3 is 2.28 bits per heavy atom. The molecule has 3 unspecified atom stereocenters. The maximum Gasteiger partial charge on any atom is 0.407 e. The van der Waals surface area contributed by atoms with Crippen LogP contribution in [0.3, 0.4) is 0 Å². The molecule has 2 aliphatic carbocycles. The first-order chi connectivity index (χ1) is 28.2. The number of pyridine rings is 1. The van der Waals surface area contributed by atoms with E-state index in [1.165, 1.54) is 33.5 Å². The predicted octanol–water partition coefficient (Wildman–Crippen LogP) is 5.48. The number of methoxy groups -OCH3 is 2. The smallest absolute Gasteiger partial charge is 0.407 e. The van der Waals surface area contributed by atoms with E-state index >= 15 is 0 Å². The molecule has 2 amide bonds. The van der Waals surface area contributed by atoms with Gasteiger partial charge >= 0.3 is 6.09 Å². The molecule has 3 atom stereocenters. The number of aromatic amines is 2. The van der Waals surface area contributed by atoms with Crippen LogP contribution in [0.15, 0.2) is 54.7 Å². The Balaban J connectivity index is 0.000000409. The van der Waals surface area contributed by atoms with E-state index in [0.29, 0.717) is 25.0 Å². The number of amides is 2. The first-order valence-electron chi connectivity index (χ1n) is 20.1. The van der Waals surface area contributed by atoms with Gasteiger partial charge in [0.2, 0.25) is 5.91 Å². The molecule has 0 spiro atoms. The van der Waals surface area contributed by atoms with E-state index in [9.17, 15) is 14.4 Å². The van der Waals surface area contributed by atoms with Crippen LogP contribution in [0.1, 0.15) is 69.1 Å². The maximum atomic E-state index is 12.5. The van der Waals surface area contributed by atoms with Crippen LogP contribution in [-0.4, -0.2) is 108 Å². The summed E-state index contributed by atoms with van der Waals surface area (Å²) in [5.74, 6) is 2.63. The standard InChI is InChI=1S/C35H40N8O3.C6H11NO.C2H4O2/c1-43-17-5-6-29(43)33-40-27-15-14-26(39-32(27)42-33)24-12-10-23-19-25(13-11-22(23)18-24)28-20-37-30(38-28)7-3-4-16-36-34(44)31(21-8-9-21)41-35(45)46-2;1-7-6(4-8)5-2-3-5;1-4-2-3/h10-15,18-21,29,31H,3-9,16-17H2,1-2H3,(H,36,44)(H,37,38)(H,41,45)(H,39,40,42);4-7H,2-3H2,1H3;2H,1H3. The lowest BCUT2D eigenvalue weighted by atomic mass is 10.0. The zero-order chi connectivity index (χ0) is 41.0. The van der Waals surface area contributed by atoms with Crippen LogP contribution >= 0.6 is 0 Å². The van der Waals surface area contributed by atoms with Gasteiger partial charge in [-0.05, 0) is 119 Å². The molecule has 0 radical (unpaired) electrons. The number of fused-ring (bicyclic) bond motifs is 2. The summed E-state index contributed by atoms with van der Waals surface area (Å²) in [6.07, 6.45) is 11.4. The monoisotopic (exact) mass is 793 g/mol. The van der Waals surface area contributed by atoms with Crippen molar-refractivity contribution in [3.05, 3.63) is 66.4 Å². The molecule has 5 N–H and O–H groups in total. The van der Waals surface area contributed by atoms with Gasteiger partial charge < -0.3 is 40.2 Å². The van der Waals surface area contributed by atoms with Crippen LogP contribution in [0.4, 0.5) is 4.79 Å². The molecule has 1 saturated heterocycles. The van der Waals surface area contributed by atoms with Gasteiger partial charge in [-0.3, -0.25) is 14.5 Å². The number of alkyl carbamates (subject to hydrolysis) is 1. The molecule has 58 heavy (non-hydrogen) atoms. The molecule has 3 fully saturated rings. The van der Waals surface area contributed by atoms with Crippen LogP contribution in [-0.2, 0) is 30.3 Å². The van der Waals surface area contributed by atoms with Crippen molar-refractivity contribution in [2.24, 2.45) is 11.8 Å². The van der Waals surface area contributed by atoms with Crippen molar-refractivity contribution in [1.82, 2.24) is 45.8 Å². The Morgan fingerprint density at radius 2 is 1.66 bits per heavy atom. The van der Waals surface area contributed by atoms with Crippen molar-refractivity contribution in [2.75, 3.05) is 41.4 Å². The van der Waals surface area contributed by atoms with Gasteiger partial charge in [0.15, 0.2) is 5.65 Å². The second-order valence-electron chi connectivity index (χ2n) is 15.2. The van der Waals surface area contributed by atoms with Crippen molar-refractivity contribution >= 4 is 46.7 Å². The minimum Gasteiger partial charge on any atom is -0.471 e. The van der Waals surface area contributed by atoms with Gasteiger partial charge in [0.05, 0.1) is 49.4 Å². The number of H-pyrrole nitrogens is 2. The Labute approximate surface area is 338 Å². The summed E-state index contributed by atoms with van der Waals surface area (Å²) in [5, 5.41) is 10.8. The summed E-state index contributed by atoms with van der Waals surface area (Å²) in [6, 6.07) is 17.0. The van der Waals surface area contributed by atoms with Gasteiger partial charge in [0, 0.05) is 24.1 Å². The number of unbranched alkanes of at least 4 members (excludes halogenated alkanes) is 1. The molecule has 1 aliphatic heterocycles. The summed E-state index contributed by atoms with van der Waals surface area (Å²) >= 11 is 0. The highest BCUT2D eigenvalue weighted by Gasteiger charge is 2.37. The average Bonchev–Trinajstić information content (AvgIpc) is 4.14. The summed E-state index contributed by atoms with van der Waals surface area (Å²) < 4.78 is 8.52. The number of rotatable bonds is 15. The lowest BCUT2D eigenvalue weighted by Crippen LogP contribution is -2.48. The molecule has 15 nitrogen and oxygen atoms in total. The van der Waals surface area contributed by atoms with Crippen LogP contribution in [0.5, 0.6) is 0 Å². The van der Waals surface area contributed by atoms with Crippen molar-refractivity contribution in [3.63, 3.8) is 0 Å². The lowest BCUT2D eigenvalue weighted by Gasteiger charge is -2.17. The van der Waals surface area contributed by atoms with Crippen molar-refractivity contribution in [2.45, 2.75) is 75.9 Å². The summed E-state index contributed by atoms with van der Waals surface area (Å²) in [6.45, 7) is 2.03. The highest BCUT2D eigenvalue weighted by molar-refractivity contribution is 5.90. The minimum atomic E-state index is -0.571. The summed E-state index contributed by atoms with van der Waals surface area (Å²) in [7, 11) is 6.60. The molecular weight excluding hydrogens is 739 g/mol. The van der Waals surface area contributed by atoms with Crippen molar-refractivity contribution < 1.29 is 28.7 Å². The van der Waals surface area contributed by atoms with E-state index in [4.69, 9.17) is 14.8 Å². The van der Waals surface area contributed by atoms with Gasteiger partial charge in [-0.1, -0.05) is 24.3 Å². The third kappa shape index (κ3) is 11.0. The van der Waals surface area contributed by atoms with E-state index in [0.717, 1.165) is 107 Å². The third-order valence-corrected chi connectivity index (χ3v) is 11.0. The second kappa shape index (κ2) is 20.1. The third-order valence-electron chi connectivity index (χ3n) is 11.0. The molecule has 308 valence electrons. The highest BCUT2D eigenvalue weighted by atomic mass is 16.5. The number of benzene rings is 2. The maximum absolute atomic E-state index is 12.5. The first kappa shape index (κ1) is 41.9. The summed E-state index contributed by atoms with van der Waals surface area (Å²) in [5.41, 5.74) is 5.77. The molecule has 0 bridgehead atoms. The van der Waals surface area contributed by atoms with Gasteiger partial charge in [-0.2, -0.15) is 0 Å². The molecule has 3 aromatic heterocycles. The zero-order valence-electron chi connectivity index (χ0n) is 33.8. The number of likely N-dealkylation sites (N-methyl/N-ethyl adjacent to an activating group) is 1. The molecule has 15 heteroatoms. The number of imidazole rings is 2. The van der Waals surface area contributed by atoms with Crippen LogP contribution < -0.4 is 16.0 Å². The zero-order valence-corrected chi connectivity index (χ0v) is 33.8. The fraction of sp³-hybridized carbons (Fsp3) is 0.465. The van der Waals surface area contributed by atoms with Gasteiger partial charge in [-0.25, -0.2) is 19.7 Å². The Hall–Kier alpha value is -5.67. The van der Waals surface area contributed by atoms with Crippen LogP contribution in [0.2, 0.25) is 0 Å². The number of aldehydes is 1. The van der Waals surface area contributed by atoms with Crippen molar-refractivity contribution in [1.29, 1.82) is 0 Å². The molecule has 8 rings (SSSR count). The number of likely N-dealkylation sites (tertiary alicyclic amines) is 1. The number of ether oxygens (including phenoxy) is 2.